The van der Waals surface area contributed by atoms with Crippen molar-refractivity contribution in [2.24, 2.45) is 0 Å². The molecule has 0 bridgehead atoms. The van der Waals surface area contributed by atoms with Crippen LogP contribution in [0.2, 0.25) is 0 Å². The van der Waals surface area contributed by atoms with Crippen LogP contribution in [0.5, 0.6) is 0 Å². The lowest BCUT2D eigenvalue weighted by Crippen LogP contribution is -2.23. The Hall–Kier alpha value is -5.66. The topological polar surface area (TPSA) is 3.24 Å². The van der Waals surface area contributed by atoms with Crippen molar-refractivity contribution < 1.29 is 0 Å². The highest BCUT2D eigenvalue weighted by atomic mass is 15.1. The van der Waals surface area contributed by atoms with Crippen molar-refractivity contribution in [2.75, 3.05) is 4.90 Å². The largest absolute Gasteiger partial charge is 0.310 e. The minimum absolute atomic E-state index is 0.280. The Morgan fingerprint density at radius 1 is 0.413 bits per heavy atom. The van der Waals surface area contributed by atoms with Crippen LogP contribution in [0.15, 0.2) is 176 Å². The monoisotopic (exact) mass is 589 g/mol. The van der Waals surface area contributed by atoms with Crippen molar-refractivity contribution in [1.29, 1.82) is 0 Å². The van der Waals surface area contributed by atoms with E-state index in [1.165, 1.54) is 55.6 Å². The predicted octanol–water partition coefficient (Wildman–Crippen LogP) is 12.1. The Morgan fingerprint density at radius 3 is 1.67 bits per heavy atom. The second kappa shape index (κ2) is 11.4. The maximum Gasteiger partial charge on any atom is 0.0540 e. The molecular formula is C45H35N. The molecule has 0 saturated carbocycles. The molecule has 7 aromatic carbocycles. The van der Waals surface area contributed by atoms with Crippen molar-refractivity contribution in [3.8, 4) is 33.4 Å². The van der Waals surface area contributed by atoms with Gasteiger partial charge >= 0.3 is 0 Å². The molecule has 46 heavy (non-hydrogen) atoms. The molecular weight excluding hydrogens is 555 g/mol. The molecule has 1 nitrogen and oxygen atoms in total. The van der Waals surface area contributed by atoms with Gasteiger partial charge in [0.2, 0.25) is 0 Å². The molecule has 0 amide bonds. The van der Waals surface area contributed by atoms with Gasteiger partial charge in [-0.1, -0.05) is 151 Å². The SMILES string of the molecule is Cc1ccc(C2(C)c3ccccc3-c3ccc(N(c4ccc(-c5ccccc5)cc4)c4ccccc4-c4ccccc4)cc32)cc1. The zero-order valence-electron chi connectivity index (χ0n) is 26.2. The minimum Gasteiger partial charge on any atom is -0.310 e. The van der Waals surface area contributed by atoms with Gasteiger partial charge < -0.3 is 4.90 Å². The molecule has 1 aliphatic carbocycles. The van der Waals surface area contributed by atoms with Crippen molar-refractivity contribution in [1.82, 2.24) is 0 Å². The normalized spacial score (nSPS) is 14.8. The van der Waals surface area contributed by atoms with Crippen LogP contribution in [-0.2, 0) is 5.41 Å². The van der Waals surface area contributed by atoms with Gasteiger partial charge in [-0.3, -0.25) is 0 Å². The van der Waals surface area contributed by atoms with E-state index in [1.54, 1.807) is 0 Å². The van der Waals surface area contributed by atoms with E-state index in [9.17, 15) is 0 Å². The second-order valence-electron chi connectivity index (χ2n) is 12.4. The lowest BCUT2D eigenvalue weighted by Gasteiger charge is -2.31. The Bertz CT molecular complexity index is 2150. The van der Waals surface area contributed by atoms with Crippen molar-refractivity contribution >= 4 is 17.1 Å². The summed E-state index contributed by atoms with van der Waals surface area (Å²) >= 11 is 0. The highest BCUT2D eigenvalue weighted by molar-refractivity contribution is 5.91. The maximum atomic E-state index is 2.43. The second-order valence-corrected chi connectivity index (χ2v) is 12.4. The summed E-state index contributed by atoms with van der Waals surface area (Å²) in [6.45, 7) is 4.55. The Labute approximate surface area is 272 Å². The fourth-order valence-electron chi connectivity index (χ4n) is 7.21. The first-order valence-electron chi connectivity index (χ1n) is 16.0. The third-order valence-electron chi connectivity index (χ3n) is 9.65. The fraction of sp³-hybridized carbons (Fsp3) is 0.0667. The molecule has 1 aliphatic rings. The molecule has 0 aromatic heterocycles. The fourth-order valence-corrected chi connectivity index (χ4v) is 7.21. The standard InChI is InChI=1S/C45H35N/c1-32-21-25-36(26-22-32)45(2)42-19-11-9-18-40(42)41-30-29-38(31-43(41)45)46(37-27-23-34(24-28-37)33-13-5-3-6-14-33)44-20-12-10-17-39(44)35-15-7-4-8-16-35/h3-31H,1-2H3. The lowest BCUT2D eigenvalue weighted by atomic mass is 9.74. The van der Waals surface area contributed by atoms with E-state index >= 15 is 0 Å². The number of rotatable bonds is 6. The average Bonchev–Trinajstić information content (AvgIpc) is 3.38. The highest BCUT2D eigenvalue weighted by Crippen LogP contribution is 2.54. The molecule has 0 radical (unpaired) electrons. The molecule has 0 heterocycles. The molecule has 220 valence electrons. The van der Waals surface area contributed by atoms with Crippen molar-refractivity contribution in [2.45, 2.75) is 19.3 Å². The summed E-state index contributed by atoms with van der Waals surface area (Å²) in [6.07, 6.45) is 0. The van der Waals surface area contributed by atoms with Crippen LogP contribution < -0.4 is 4.90 Å². The minimum atomic E-state index is -0.280. The number of hydrogen-bond donors (Lipinski definition) is 0. The van der Waals surface area contributed by atoms with Gasteiger partial charge in [0, 0.05) is 22.4 Å². The summed E-state index contributed by atoms with van der Waals surface area (Å²) in [5, 5.41) is 0. The van der Waals surface area contributed by atoms with Crippen LogP contribution in [0, 0.1) is 6.92 Å². The zero-order chi connectivity index (χ0) is 31.1. The molecule has 0 aliphatic heterocycles. The van der Waals surface area contributed by atoms with Gasteiger partial charge in [0.1, 0.15) is 0 Å². The van der Waals surface area contributed by atoms with E-state index in [4.69, 9.17) is 0 Å². The average molecular weight is 590 g/mol. The number of anilines is 3. The first kappa shape index (κ1) is 27.9. The summed E-state index contributed by atoms with van der Waals surface area (Å²) in [5.74, 6) is 0. The van der Waals surface area contributed by atoms with Gasteiger partial charge in [-0.2, -0.15) is 0 Å². The molecule has 0 spiro atoms. The number of fused-ring (bicyclic) bond motifs is 3. The van der Waals surface area contributed by atoms with Crippen LogP contribution >= 0.6 is 0 Å². The number of aryl methyl sites for hydroxylation is 1. The predicted molar refractivity (Wildman–Crippen MR) is 194 cm³/mol. The Balaban J connectivity index is 1.34. The van der Waals surface area contributed by atoms with E-state index in [0.29, 0.717) is 0 Å². The first-order chi connectivity index (χ1) is 22.6. The van der Waals surface area contributed by atoms with Crippen LogP contribution in [0.4, 0.5) is 17.1 Å². The molecule has 8 rings (SSSR count). The third kappa shape index (κ3) is 4.64. The molecule has 1 atom stereocenters. The third-order valence-corrected chi connectivity index (χ3v) is 9.65. The van der Waals surface area contributed by atoms with Crippen LogP contribution in [0.1, 0.15) is 29.2 Å². The van der Waals surface area contributed by atoms with Crippen LogP contribution in [-0.4, -0.2) is 0 Å². The summed E-state index contributed by atoms with van der Waals surface area (Å²) in [4.78, 5) is 2.43. The quantitative estimate of drug-likeness (QED) is 0.186. The van der Waals surface area contributed by atoms with Gasteiger partial charge in [-0.25, -0.2) is 0 Å². The number of para-hydroxylation sites is 1. The van der Waals surface area contributed by atoms with E-state index in [1.807, 2.05) is 0 Å². The van der Waals surface area contributed by atoms with E-state index in [0.717, 1.165) is 17.1 Å². The molecule has 0 fully saturated rings. The van der Waals surface area contributed by atoms with Gasteiger partial charge in [-0.15, -0.1) is 0 Å². The summed E-state index contributed by atoms with van der Waals surface area (Å²) < 4.78 is 0. The summed E-state index contributed by atoms with van der Waals surface area (Å²) in [7, 11) is 0. The van der Waals surface area contributed by atoms with E-state index in [-0.39, 0.29) is 5.41 Å². The van der Waals surface area contributed by atoms with E-state index < -0.39 is 0 Å². The summed E-state index contributed by atoms with van der Waals surface area (Å²) in [5.41, 5.74) is 15.8. The van der Waals surface area contributed by atoms with Crippen LogP contribution in [0.25, 0.3) is 33.4 Å². The lowest BCUT2D eigenvalue weighted by molar-refractivity contribution is 0.713. The molecule has 1 unspecified atom stereocenters. The van der Waals surface area contributed by atoms with Gasteiger partial charge in [0.25, 0.3) is 0 Å². The van der Waals surface area contributed by atoms with Crippen molar-refractivity contribution in [3.63, 3.8) is 0 Å². The van der Waals surface area contributed by atoms with Gasteiger partial charge in [0.05, 0.1) is 5.69 Å². The highest BCUT2D eigenvalue weighted by Gasteiger charge is 2.41. The number of benzene rings is 7. The smallest absolute Gasteiger partial charge is 0.0540 e. The summed E-state index contributed by atoms with van der Waals surface area (Å²) in [6, 6.07) is 64.1. The van der Waals surface area contributed by atoms with Crippen LogP contribution in [0.3, 0.4) is 0 Å². The maximum absolute atomic E-state index is 2.43. The number of hydrogen-bond acceptors (Lipinski definition) is 1. The van der Waals surface area contributed by atoms with Gasteiger partial charge in [0.15, 0.2) is 0 Å². The van der Waals surface area contributed by atoms with Gasteiger partial charge in [-0.05, 0) is 88.7 Å². The van der Waals surface area contributed by atoms with E-state index in [2.05, 4.69) is 195 Å². The Morgan fingerprint density at radius 2 is 0.957 bits per heavy atom. The molecule has 0 saturated heterocycles. The molecule has 1 heteroatoms. The first-order valence-corrected chi connectivity index (χ1v) is 16.0. The van der Waals surface area contributed by atoms with Crippen molar-refractivity contribution in [3.05, 3.63) is 198 Å². The number of nitrogens with zero attached hydrogens (tertiary/aromatic N) is 1. The molecule has 0 N–H and O–H groups in total. The molecule has 7 aromatic rings. The zero-order valence-corrected chi connectivity index (χ0v) is 26.2. The Kier molecular flexibility index (Phi) is 6.88.